The Hall–Kier alpha value is -2.16. The van der Waals surface area contributed by atoms with E-state index in [-0.39, 0.29) is 0 Å². The van der Waals surface area contributed by atoms with E-state index >= 15 is 0 Å². The molecule has 0 aliphatic carbocycles. The van der Waals surface area contributed by atoms with E-state index in [2.05, 4.69) is 75.5 Å². The molecule has 0 atom stereocenters. The number of hydrogen-bond acceptors (Lipinski definition) is 2. The Kier molecular flexibility index (Phi) is 3.97. The van der Waals surface area contributed by atoms with Crippen molar-refractivity contribution in [2.45, 2.75) is 41.5 Å². The van der Waals surface area contributed by atoms with Crippen molar-refractivity contribution in [3.8, 4) is 0 Å². The lowest BCUT2D eigenvalue weighted by molar-refractivity contribution is -0.497. The largest absolute Gasteiger partial charge is 0.155 e. The van der Waals surface area contributed by atoms with Gasteiger partial charge in [0.1, 0.15) is 0 Å². The second-order valence-electron chi connectivity index (χ2n) is 6.83. The van der Waals surface area contributed by atoms with E-state index in [1.54, 1.807) is 0 Å². The van der Waals surface area contributed by atoms with Gasteiger partial charge in [0.15, 0.2) is 24.5 Å². The Bertz CT molecular complexity index is 757. The fraction of sp³-hybridized carbons (Fsp3) is 0.400. The van der Waals surface area contributed by atoms with Crippen LogP contribution >= 0.6 is 0 Å². The van der Waals surface area contributed by atoms with Gasteiger partial charge >= 0.3 is 0 Å². The molecule has 0 unspecified atom stereocenters. The monoisotopic (exact) mass is 308 g/mol. The van der Waals surface area contributed by atoms with Crippen molar-refractivity contribution < 1.29 is 4.70 Å². The van der Waals surface area contributed by atoms with Crippen molar-refractivity contribution in [1.82, 2.24) is 0 Å². The van der Waals surface area contributed by atoms with Crippen LogP contribution in [0.5, 0.6) is 0 Å². The number of rotatable bonds is 2. The van der Waals surface area contributed by atoms with Crippen LogP contribution in [0, 0.1) is 41.5 Å². The van der Waals surface area contributed by atoms with E-state index in [0.29, 0.717) is 0 Å². The molecule has 1 aliphatic rings. The lowest BCUT2D eigenvalue weighted by atomic mass is 10.0. The molecular weight excluding hydrogens is 282 g/mol. The van der Waals surface area contributed by atoms with Crippen LogP contribution in [0.25, 0.3) is 0 Å². The van der Waals surface area contributed by atoms with Crippen LogP contribution in [0.2, 0.25) is 0 Å². The molecule has 2 aromatic carbocycles. The second kappa shape index (κ2) is 5.80. The fourth-order valence-electron chi connectivity index (χ4n) is 3.88. The smallest absolute Gasteiger partial charge is 0.129 e. The number of benzene rings is 2. The molecule has 0 bridgehead atoms. The molecule has 0 fully saturated rings. The molecule has 3 nitrogen and oxygen atoms in total. The van der Waals surface area contributed by atoms with Gasteiger partial charge in [0.05, 0.1) is 5.22 Å². The summed E-state index contributed by atoms with van der Waals surface area (Å²) in [5.74, 6) is 0. The highest BCUT2D eigenvalue weighted by molar-refractivity contribution is 5.60. The Morgan fingerprint density at radius 1 is 0.783 bits per heavy atom. The first-order valence-electron chi connectivity index (χ1n) is 8.29. The van der Waals surface area contributed by atoms with E-state index in [0.717, 1.165) is 13.1 Å². The molecule has 0 amide bonds. The fourth-order valence-corrected chi connectivity index (χ4v) is 3.88. The first-order chi connectivity index (χ1) is 10.9. The first-order valence-corrected chi connectivity index (χ1v) is 8.29. The lowest BCUT2D eigenvalue weighted by Gasteiger charge is -2.11. The lowest BCUT2D eigenvalue weighted by Crippen LogP contribution is -2.16. The molecule has 3 rings (SSSR count). The minimum Gasteiger partial charge on any atom is -0.129 e. The summed E-state index contributed by atoms with van der Waals surface area (Å²) in [7, 11) is 0. The van der Waals surface area contributed by atoms with Gasteiger partial charge in [0.25, 0.3) is 0 Å². The summed E-state index contributed by atoms with van der Waals surface area (Å²) < 4.78 is 2.16. The van der Waals surface area contributed by atoms with Crippen LogP contribution in [0.1, 0.15) is 33.4 Å². The maximum Gasteiger partial charge on any atom is 0.155 e. The highest BCUT2D eigenvalue weighted by Gasteiger charge is 2.29. The van der Waals surface area contributed by atoms with Gasteiger partial charge in [-0.1, -0.05) is 35.4 Å². The van der Waals surface area contributed by atoms with Crippen LogP contribution in [-0.4, -0.2) is 17.8 Å². The van der Waals surface area contributed by atoms with E-state index in [1.165, 1.54) is 44.8 Å². The average molecular weight is 308 g/mol. The van der Waals surface area contributed by atoms with E-state index < -0.39 is 0 Å². The molecule has 1 aliphatic heterocycles. The second-order valence-corrected chi connectivity index (χ2v) is 6.83. The van der Waals surface area contributed by atoms with Crippen LogP contribution in [0.15, 0.2) is 29.5 Å². The predicted molar refractivity (Wildman–Crippen MR) is 95.9 cm³/mol. The Balaban J connectivity index is 2.03. The number of nitrogens with zero attached hydrogens (tertiary/aromatic N) is 3. The van der Waals surface area contributed by atoms with Gasteiger partial charge in [-0.15, -0.1) is 9.71 Å². The van der Waals surface area contributed by atoms with E-state index in [4.69, 9.17) is 5.22 Å². The molecule has 0 spiro atoms. The summed E-state index contributed by atoms with van der Waals surface area (Å²) in [6, 6.07) is 8.96. The van der Waals surface area contributed by atoms with Crippen molar-refractivity contribution in [2.75, 3.05) is 18.1 Å². The summed E-state index contributed by atoms with van der Waals surface area (Å²) in [6.45, 7) is 14.9. The molecule has 0 radical (unpaired) electrons. The molecule has 23 heavy (non-hydrogen) atoms. The maximum atomic E-state index is 4.90. The Morgan fingerprint density at radius 2 is 1.26 bits per heavy atom. The summed E-state index contributed by atoms with van der Waals surface area (Å²) in [5, 5.41) is 7.05. The van der Waals surface area contributed by atoms with Crippen LogP contribution < -0.4 is 5.01 Å². The minimum atomic E-state index is 0.928. The van der Waals surface area contributed by atoms with E-state index in [1.807, 2.05) is 0 Å². The number of aryl methyl sites for hydroxylation is 6. The molecule has 0 aromatic heterocycles. The van der Waals surface area contributed by atoms with Gasteiger partial charge in [-0.05, 0) is 63.8 Å². The van der Waals surface area contributed by atoms with Gasteiger partial charge in [-0.25, -0.2) is 0 Å². The summed E-state index contributed by atoms with van der Waals surface area (Å²) in [5.41, 5.74) is 10.3. The third kappa shape index (κ3) is 2.88. The third-order valence-corrected chi connectivity index (χ3v) is 4.53. The summed E-state index contributed by atoms with van der Waals surface area (Å²) in [4.78, 5) is 0. The van der Waals surface area contributed by atoms with Crippen LogP contribution in [0.4, 0.5) is 11.4 Å². The molecule has 0 N–H and O–H groups in total. The van der Waals surface area contributed by atoms with Crippen LogP contribution in [-0.2, 0) is 0 Å². The van der Waals surface area contributed by atoms with Gasteiger partial charge in [0.2, 0.25) is 0 Å². The zero-order chi connectivity index (χ0) is 16.7. The predicted octanol–water partition coefficient (Wildman–Crippen LogP) is 5.07. The zero-order valence-electron chi connectivity index (χ0n) is 15.1. The maximum absolute atomic E-state index is 4.90. The SMILES string of the molecule is Cc1cc(C)c(N2CC[N+](c3c(C)cc(C)cc3C)=N2)c(C)c1. The quantitative estimate of drug-likeness (QED) is 0.709. The highest BCUT2D eigenvalue weighted by atomic mass is 15.6. The Labute approximate surface area is 139 Å². The molecular formula is C20H26N3+. The Morgan fingerprint density at radius 3 is 1.78 bits per heavy atom. The van der Waals surface area contributed by atoms with Gasteiger partial charge < -0.3 is 0 Å². The van der Waals surface area contributed by atoms with Crippen LogP contribution in [0.3, 0.4) is 0 Å². The van der Waals surface area contributed by atoms with Gasteiger partial charge in [-0.2, -0.15) is 0 Å². The molecule has 0 saturated carbocycles. The van der Waals surface area contributed by atoms with Crippen molar-refractivity contribution in [3.63, 3.8) is 0 Å². The summed E-state index contributed by atoms with van der Waals surface area (Å²) >= 11 is 0. The molecule has 120 valence electrons. The normalized spacial score (nSPS) is 14.3. The van der Waals surface area contributed by atoms with Crippen molar-refractivity contribution in [1.29, 1.82) is 0 Å². The van der Waals surface area contributed by atoms with Gasteiger partial charge in [0, 0.05) is 0 Å². The third-order valence-electron chi connectivity index (χ3n) is 4.53. The van der Waals surface area contributed by atoms with Crippen molar-refractivity contribution >= 4 is 11.4 Å². The van der Waals surface area contributed by atoms with E-state index in [9.17, 15) is 0 Å². The average Bonchev–Trinajstić information content (AvgIpc) is 2.85. The minimum absolute atomic E-state index is 0.928. The van der Waals surface area contributed by atoms with Crippen molar-refractivity contribution in [3.05, 3.63) is 57.6 Å². The number of hydrogen-bond donors (Lipinski definition) is 0. The number of anilines is 1. The summed E-state index contributed by atoms with van der Waals surface area (Å²) in [6.07, 6.45) is 0. The first kappa shape index (κ1) is 15.7. The topological polar surface area (TPSA) is 18.6 Å². The molecule has 2 aromatic rings. The molecule has 1 heterocycles. The molecule has 0 saturated heterocycles. The van der Waals surface area contributed by atoms with Gasteiger partial charge in [-0.3, -0.25) is 0 Å². The zero-order valence-corrected chi connectivity index (χ0v) is 15.1. The standard InChI is InChI=1S/C20H26N3/c1-13-9-15(3)19(16(4)10-13)22-7-8-23(21-22)20-17(5)11-14(2)12-18(20)6/h9-12H,7-8H2,1-6H3/q+1. The highest BCUT2D eigenvalue weighted by Crippen LogP contribution is 2.32. The van der Waals surface area contributed by atoms with Crippen molar-refractivity contribution in [2.24, 2.45) is 5.22 Å². The molecule has 3 heteroatoms.